The predicted octanol–water partition coefficient (Wildman–Crippen LogP) is 2.44. The van der Waals surface area contributed by atoms with Gasteiger partial charge in [-0.1, -0.05) is 20.8 Å². The largest absolute Gasteiger partial charge is 0.306 e. The summed E-state index contributed by atoms with van der Waals surface area (Å²) in [6.07, 6.45) is 4.72. The second kappa shape index (κ2) is 3.19. The number of fused-ring (bicyclic) bond motifs is 1. The highest BCUT2D eigenvalue weighted by Crippen LogP contribution is 2.22. The molecule has 3 nitrogen and oxygen atoms in total. The zero-order chi connectivity index (χ0) is 11.1. The second-order valence-corrected chi connectivity index (χ2v) is 4.69. The van der Waals surface area contributed by atoms with Gasteiger partial charge in [-0.15, -0.1) is 0 Å². The Morgan fingerprint density at radius 3 is 2.73 bits per heavy atom. The van der Waals surface area contributed by atoms with Crippen LogP contribution >= 0.6 is 0 Å². The number of nitrogens with zero attached hydrogens (tertiary/aromatic N) is 2. The molecular formula is C12H14N2O. The maximum atomic E-state index is 10.8. The molecule has 0 bridgehead atoms. The molecule has 15 heavy (non-hydrogen) atoms. The molecule has 2 aromatic rings. The number of pyridine rings is 1. The molecule has 0 atom stereocenters. The first-order valence-electron chi connectivity index (χ1n) is 4.96. The van der Waals surface area contributed by atoms with E-state index in [1.54, 1.807) is 6.07 Å². The van der Waals surface area contributed by atoms with Crippen molar-refractivity contribution in [3.8, 4) is 0 Å². The van der Waals surface area contributed by atoms with Crippen molar-refractivity contribution in [2.24, 2.45) is 0 Å². The minimum Gasteiger partial charge on any atom is -0.306 e. The van der Waals surface area contributed by atoms with Crippen LogP contribution in [0.4, 0.5) is 0 Å². The number of hydrogen-bond acceptors (Lipinski definition) is 2. The van der Waals surface area contributed by atoms with Crippen molar-refractivity contribution in [3.63, 3.8) is 0 Å². The van der Waals surface area contributed by atoms with E-state index in [2.05, 4.69) is 25.8 Å². The Hall–Kier alpha value is -1.64. The number of carbonyl (C=O) groups excluding carboxylic acids is 1. The number of hydrogen-bond donors (Lipinski definition) is 0. The standard InChI is InChI=1S/C12H14N2O/c1-12(2,3)10-7-14-6-4-5-9(8-15)11(14)13-10/h4-8H,1-3H3. The average molecular weight is 202 g/mol. The minimum atomic E-state index is 0.00613. The molecular weight excluding hydrogens is 188 g/mol. The molecule has 0 aliphatic rings. The lowest BCUT2D eigenvalue weighted by Crippen LogP contribution is -2.11. The summed E-state index contributed by atoms with van der Waals surface area (Å²) in [7, 11) is 0. The van der Waals surface area contributed by atoms with Crippen LogP contribution in [-0.2, 0) is 5.41 Å². The van der Waals surface area contributed by atoms with Gasteiger partial charge in [-0.25, -0.2) is 4.98 Å². The Bertz CT molecular complexity index is 506. The number of imidazole rings is 1. The minimum absolute atomic E-state index is 0.00613. The summed E-state index contributed by atoms with van der Waals surface area (Å²) in [6.45, 7) is 6.32. The van der Waals surface area contributed by atoms with E-state index in [0.717, 1.165) is 17.6 Å². The summed E-state index contributed by atoms with van der Waals surface area (Å²) in [4.78, 5) is 15.3. The molecule has 0 radical (unpaired) electrons. The van der Waals surface area contributed by atoms with Crippen molar-refractivity contribution >= 4 is 11.9 Å². The van der Waals surface area contributed by atoms with Crippen molar-refractivity contribution < 1.29 is 4.79 Å². The number of aldehydes is 1. The van der Waals surface area contributed by atoms with Gasteiger partial charge in [0.15, 0.2) is 6.29 Å². The summed E-state index contributed by atoms with van der Waals surface area (Å²) in [5.41, 5.74) is 2.37. The first-order valence-corrected chi connectivity index (χ1v) is 4.96. The molecule has 0 aliphatic heterocycles. The molecule has 0 fully saturated rings. The smallest absolute Gasteiger partial charge is 0.153 e. The van der Waals surface area contributed by atoms with Crippen LogP contribution in [0.5, 0.6) is 0 Å². The van der Waals surface area contributed by atoms with Crippen molar-refractivity contribution in [3.05, 3.63) is 35.8 Å². The molecule has 2 heterocycles. The maximum absolute atomic E-state index is 10.8. The molecule has 0 aromatic carbocycles. The molecule has 2 rings (SSSR count). The van der Waals surface area contributed by atoms with Gasteiger partial charge in [0.25, 0.3) is 0 Å². The van der Waals surface area contributed by atoms with Gasteiger partial charge in [-0.2, -0.15) is 0 Å². The van der Waals surface area contributed by atoms with Crippen LogP contribution in [0, 0.1) is 0 Å². The van der Waals surface area contributed by atoms with Gasteiger partial charge in [-0.05, 0) is 12.1 Å². The SMILES string of the molecule is CC(C)(C)c1cn2cccc(C=O)c2n1. The zero-order valence-corrected chi connectivity index (χ0v) is 9.19. The lowest BCUT2D eigenvalue weighted by molar-refractivity contribution is 0.112. The molecule has 78 valence electrons. The Labute approximate surface area is 88.8 Å². The highest BCUT2D eigenvalue weighted by Gasteiger charge is 2.18. The van der Waals surface area contributed by atoms with Crippen LogP contribution in [0.2, 0.25) is 0 Å². The van der Waals surface area contributed by atoms with E-state index in [-0.39, 0.29) is 5.41 Å². The van der Waals surface area contributed by atoms with Crippen molar-refractivity contribution in [1.29, 1.82) is 0 Å². The maximum Gasteiger partial charge on any atom is 0.153 e. The third-order valence-corrected chi connectivity index (χ3v) is 2.41. The van der Waals surface area contributed by atoms with Gasteiger partial charge >= 0.3 is 0 Å². The quantitative estimate of drug-likeness (QED) is 0.666. The zero-order valence-electron chi connectivity index (χ0n) is 9.19. The van der Waals surface area contributed by atoms with Crippen LogP contribution in [0.3, 0.4) is 0 Å². The fraction of sp³-hybridized carbons (Fsp3) is 0.333. The van der Waals surface area contributed by atoms with Gasteiger partial charge < -0.3 is 4.40 Å². The molecule has 0 unspecified atom stereocenters. The van der Waals surface area contributed by atoms with E-state index in [9.17, 15) is 4.79 Å². The van der Waals surface area contributed by atoms with Gasteiger partial charge in [0.05, 0.1) is 11.3 Å². The summed E-state index contributed by atoms with van der Waals surface area (Å²) in [6, 6.07) is 3.63. The van der Waals surface area contributed by atoms with Crippen LogP contribution in [-0.4, -0.2) is 15.7 Å². The molecule has 0 N–H and O–H groups in total. The topological polar surface area (TPSA) is 34.4 Å². The fourth-order valence-corrected chi connectivity index (χ4v) is 1.49. The van der Waals surface area contributed by atoms with E-state index in [4.69, 9.17) is 0 Å². The first kappa shape index (κ1) is 9.90. The first-order chi connectivity index (χ1) is 7.02. The van der Waals surface area contributed by atoms with Crippen molar-refractivity contribution in [1.82, 2.24) is 9.38 Å². The van der Waals surface area contributed by atoms with Crippen LogP contribution in [0.1, 0.15) is 36.8 Å². The van der Waals surface area contributed by atoms with Crippen LogP contribution in [0.15, 0.2) is 24.5 Å². The van der Waals surface area contributed by atoms with E-state index in [1.165, 1.54) is 0 Å². The molecule has 2 aromatic heterocycles. The number of rotatable bonds is 1. The summed E-state index contributed by atoms with van der Waals surface area (Å²) >= 11 is 0. The molecule has 3 heteroatoms. The van der Waals surface area contributed by atoms with E-state index >= 15 is 0 Å². The lowest BCUT2D eigenvalue weighted by Gasteiger charge is -2.13. The monoisotopic (exact) mass is 202 g/mol. The molecule has 0 saturated heterocycles. The molecule has 0 spiro atoms. The number of carbonyl (C=O) groups is 1. The van der Waals surface area contributed by atoms with Crippen molar-refractivity contribution in [2.45, 2.75) is 26.2 Å². The Balaban J connectivity index is 2.70. The van der Waals surface area contributed by atoms with Crippen molar-refractivity contribution in [2.75, 3.05) is 0 Å². The van der Waals surface area contributed by atoms with E-state index in [0.29, 0.717) is 5.56 Å². The highest BCUT2D eigenvalue weighted by atomic mass is 16.1. The normalized spacial score (nSPS) is 11.9. The molecule has 0 amide bonds. The Kier molecular flexibility index (Phi) is 2.11. The molecule has 0 aliphatic carbocycles. The van der Waals surface area contributed by atoms with Gasteiger partial charge in [-0.3, -0.25) is 4.79 Å². The lowest BCUT2D eigenvalue weighted by atomic mass is 9.93. The van der Waals surface area contributed by atoms with Gasteiger partial charge in [0.1, 0.15) is 5.65 Å². The summed E-state index contributed by atoms with van der Waals surface area (Å²) in [5.74, 6) is 0. The highest BCUT2D eigenvalue weighted by molar-refractivity contribution is 5.84. The predicted molar refractivity (Wildman–Crippen MR) is 59.3 cm³/mol. The van der Waals surface area contributed by atoms with Gasteiger partial charge in [0, 0.05) is 17.8 Å². The Morgan fingerprint density at radius 1 is 1.40 bits per heavy atom. The summed E-state index contributed by atoms with van der Waals surface area (Å²) in [5, 5.41) is 0. The average Bonchev–Trinajstić information content (AvgIpc) is 2.59. The second-order valence-electron chi connectivity index (χ2n) is 4.69. The fourth-order valence-electron chi connectivity index (χ4n) is 1.49. The van der Waals surface area contributed by atoms with Gasteiger partial charge in [0.2, 0.25) is 0 Å². The van der Waals surface area contributed by atoms with E-state index < -0.39 is 0 Å². The Morgan fingerprint density at radius 2 is 2.13 bits per heavy atom. The van der Waals surface area contributed by atoms with Crippen LogP contribution in [0.25, 0.3) is 5.65 Å². The van der Waals surface area contributed by atoms with Crippen LogP contribution < -0.4 is 0 Å². The number of aromatic nitrogens is 2. The molecule has 0 saturated carbocycles. The summed E-state index contributed by atoms with van der Waals surface area (Å²) < 4.78 is 1.89. The third kappa shape index (κ3) is 1.65. The third-order valence-electron chi connectivity index (χ3n) is 2.41. The van der Waals surface area contributed by atoms with E-state index in [1.807, 2.05) is 22.9 Å².